The number of methoxy groups -OCH3 is 3. The first kappa shape index (κ1) is 30.8. The van der Waals surface area contributed by atoms with E-state index in [0.29, 0.717) is 24.5 Å². The molecule has 11 heteroatoms. The van der Waals surface area contributed by atoms with Crippen LogP contribution in [-0.4, -0.2) is 71.8 Å². The number of hydrogen-bond acceptors (Lipinski definition) is 7. The molecule has 0 heterocycles. The van der Waals surface area contributed by atoms with Crippen molar-refractivity contribution in [2.24, 2.45) is 5.92 Å². The third kappa shape index (κ3) is 8.27. The lowest BCUT2D eigenvalue weighted by Gasteiger charge is -2.33. The molecule has 0 aliphatic rings. The first-order valence-corrected chi connectivity index (χ1v) is 14.2. The Balaban J connectivity index is 2.53. The van der Waals surface area contributed by atoms with Crippen molar-refractivity contribution in [1.82, 2.24) is 10.2 Å². The number of carbonyl (C=O) groups is 2. The fourth-order valence-corrected chi connectivity index (χ4v) is 4.74. The fraction of sp³-hybridized carbons (Fsp3) is 0.481. The zero-order valence-electron chi connectivity index (χ0n) is 23.2. The topological polar surface area (TPSA) is 114 Å². The van der Waals surface area contributed by atoms with E-state index < -0.39 is 28.5 Å². The van der Waals surface area contributed by atoms with E-state index in [-0.39, 0.29) is 29.8 Å². The molecule has 0 saturated carbocycles. The quantitative estimate of drug-likeness (QED) is 0.385. The van der Waals surface area contributed by atoms with Crippen molar-refractivity contribution in [1.29, 1.82) is 0 Å². The maximum absolute atomic E-state index is 13.9. The normalized spacial score (nSPS) is 12.0. The molecule has 0 aliphatic carbocycles. The number of carbonyl (C=O) groups excluding carboxylic acids is 2. The van der Waals surface area contributed by atoms with Gasteiger partial charge in [-0.05, 0) is 42.2 Å². The highest BCUT2D eigenvalue weighted by atomic mass is 32.2. The Hall–Kier alpha value is -3.47. The minimum absolute atomic E-state index is 0.0798. The smallest absolute Gasteiger partial charge is 0.244 e. The van der Waals surface area contributed by atoms with Crippen LogP contribution in [-0.2, 0) is 26.2 Å². The summed E-state index contributed by atoms with van der Waals surface area (Å²) in [4.78, 5) is 28.5. The molecule has 0 unspecified atom stereocenters. The number of nitrogens with one attached hydrogen (secondary N) is 1. The molecular weight excluding hydrogens is 510 g/mol. The van der Waals surface area contributed by atoms with Crippen LogP contribution in [0.2, 0.25) is 0 Å². The van der Waals surface area contributed by atoms with E-state index in [4.69, 9.17) is 14.2 Å². The summed E-state index contributed by atoms with van der Waals surface area (Å²) in [6.45, 7) is 5.76. The third-order valence-corrected chi connectivity index (χ3v) is 7.02. The lowest BCUT2D eigenvalue weighted by Crippen LogP contribution is -2.52. The van der Waals surface area contributed by atoms with Crippen LogP contribution >= 0.6 is 0 Å². The molecule has 0 spiro atoms. The van der Waals surface area contributed by atoms with E-state index >= 15 is 0 Å². The molecule has 1 N–H and O–H groups in total. The second-order valence-electron chi connectivity index (χ2n) is 9.24. The van der Waals surface area contributed by atoms with Gasteiger partial charge in [0.1, 0.15) is 29.8 Å². The summed E-state index contributed by atoms with van der Waals surface area (Å²) in [6.07, 6.45) is 1.35. The third-order valence-electron chi connectivity index (χ3n) is 5.89. The molecular formula is C27H39N3O7S. The molecule has 210 valence electrons. The molecule has 0 saturated heterocycles. The van der Waals surface area contributed by atoms with Gasteiger partial charge >= 0.3 is 0 Å². The fourth-order valence-electron chi connectivity index (χ4n) is 3.90. The van der Waals surface area contributed by atoms with Crippen molar-refractivity contribution in [2.75, 3.05) is 45.0 Å². The molecule has 0 fully saturated rings. The molecule has 38 heavy (non-hydrogen) atoms. The molecule has 2 rings (SSSR count). The van der Waals surface area contributed by atoms with E-state index in [1.807, 2.05) is 26.8 Å². The molecule has 2 aromatic rings. The van der Waals surface area contributed by atoms with Crippen LogP contribution in [0, 0.1) is 5.92 Å². The van der Waals surface area contributed by atoms with Crippen molar-refractivity contribution in [2.45, 2.75) is 39.8 Å². The number of anilines is 1. The summed E-state index contributed by atoms with van der Waals surface area (Å²) in [6, 6.07) is 11.0. The number of sulfonamides is 1. The Morgan fingerprint density at radius 2 is 1.63 bits per heavy atom. The van der Waals surface area contributed by atoms with Crippen LogP contribution in [0.5, 0.6) is 17.2 Å². The molecule has 0 aliphatic heterocycles. The van der Waals surface area contributed by atoms with E-state index in [1.165, 1.54) is 25.2 Å². The van der Waals surface area contributed by atoms with Crippen LogP contribution in [0.1, 0.15) is 32.8 Å². The Labute approximate surface area is 225 Å². The Kier molecular flexibility index (Phi) is 11.2. The van der Waals surface area contributed by atoms with Crippen LogP contribution in [0.25, 0.3) is 0 Å². The minimum atomic E-state index is -3.93. The van der Waals surface area contributed by atoms with E-state index in [9.17, 15) is 18.0 Å². The van der Waals surface area contributed by atoms with Gasteiger partial charge in [0.25, 0.3) is 0 Å². The summed E-state index contributed by atoms with van der Waals surface area (Å²) in [7, 11) is 0.480. The van der Waals surface area contributed by atoms with Gasteiger partial charge < -0.3 is 24.4 Å². The van der Waals surface area contributed by atoms with Crippen LogP contribution in [0.4, 0.5) is 5.69 Å². The lowest BCUT2D eigenvalue weighted by atomic mass is 10.1. The number of amides is 2. The SMILES string of the molecule is CC[C@@H](C(=O)NCC(C)C)N(Cc1cccc(OC)c1)C(=O)CN(c1cc(OC)ccc1OC)S(C)(=O)=O. The van der Waals surface area contributed by atoms with Gasteiger partial charge in [-0.2, -0.15) is 0 Å². The standard InChI is InChI=1S/C27H39N3O7S/c1-8-23(27(32)28-16-19(2)3)29(17-20-10-9-11-21(14-20)35-4)26(31)18-30(38(7,33)34)24-15-22(36-5)12-13-25(24)37-6/h9-15,19,23H,8,16-18H2,1-7H3,(H,28,32)/t23-/m0/s1. The Morgan fingerprint density at radius 3 is 2.18 bits per heavy atom. The van der Waals surface area contributed by atoms with E-state index in [1.54, 1.807) is 37.4 Å². The van der Waals surface area contributed by atoms with Gasteiger partial charge in [0.15, 0.2) is 0 Å². The monoisotopic (exact) mass is 549 g/mol. The number of hydrogen-bond donors (Lipinski definition) is 1. The Bertz CT molecular complexity index is 1200. The average molecular weight is 550 g/mol. The zero-order chi connectivity index (χ0) is 28.5. The zero-order valence-corrected chi connectivity index (χ0v) is 24.0. The first-order valence-electron chi connectivity index (χ1n) is 12.3. The summed E-state index contributed by atoms with van der Waals surface area (Å²) < 4.78 is 42.8. The van der Waals surface area contributed by atoms with Crippen LogP contribution in [0.15, 0.2) is 42.5 Å². The largest absolute Gasteiger partial charge is 0.497 e. The van der Waals surface area contributed by atoms with Gasteiger partial charge in [0.2, 0.25) is 21.8 Å². The highest BCUT2D eigenvalue weighted by Crippen LogP contribution is 2.34. The van der Waals surface area contributed by atoms with Crippen molar-refractivity contribution >= 4 is 27.5 Å². The Morgan fingerprint density at radius 1 is 0.974 bits per heavy atom. The van der Waals surface area contributed by atoms with Gasteiger partial charge in [0.05, 0.1) is 33.3 Å². The summed E-state index contributed by atoms with van der Waals surface area (Å²) >= 11 is 0. The number of benzene rings is 2. The molecule has 0 bridgehead atoms. The van der Waals surface area contributed by atoms with E-state index in [0.717, 1.165) is 16.1 Å². The number of ether oxygens (including phenoxy) is 3. The van der Waals surface area contributed by atoms with E-state index in [2.05, 4.69) is 5.32 Å². The van der Waals surface area contributed by atoms with Crippen LogP contribution in [0.3, 0.4) is 0 Å². The maximum atomic E-state index is 13.9. The second-order valence-corrected chi connectivity index (χ2v) is 11.2. The van der Waals surface area contributed by atoms with Crippen molar-refractivity contribution in [3.05, 3.63) is 48.0 Å². The molecule has 2 amide bonds. The molecule has 2 aromatic carbocycles. The highest BCUT2D eigenvalue weighted by molar-refractivity contribution is 7.92. The average Bonchev–Trinajstić information content (AvgIpc) is 2.89. The van der Waals surface area contributed by atoms with Crippen molar-refractivity contribution in [3.8, 4) is 17.2 Å². The van der Waals surface area contributed by atoms with Crippen molar-refractivity contribution in [3.63, 3.8) is 0 Å². The highest BCUT2D eigenvalue weighted by Gasteiger charge is 2.32. The number of rotatable bonds is 14. The van der Waals surface area contributed by atoms with Gasteiger partial charge in [-0.1, -0.05) is 32.9 Å². The lowest BCUT2D eigenvalue weighted by molar-refractivity contribution is -0.140. The van der Waals surface area contributed by atoms with Crippen molar-refractivity contribution < 1.29 is 32.2 Å². The summed E-state index contributed by atoms with van der Waals surface area (Å²) in [5.41, 5.74) is 0.888. The number of nitrogens with zero attached hydrogens (tertiary/aromatic N) is 2. The first-order chi connectivity index (χ1) is 17.9. The maximum Gasteiger partial charge on any atom is 0.244 e. The predicted molar refractivity (Wildman–Crippen MR) is 147 cm³/mol. The van der Waals surface area contributed by atoms with Gasteiger partial charge in [-0.3, -0.25) is 13.9 Å². The molecule has 1 atom stereocenters. The van der Waals surface area contributed by atoms with Gasteiger partial charge in [0, 0.05) is 19.2 Å². The summed E-state index contributed by atoms with van der Waals surface area (Å²) in [5.74, 6) is 0.628. The van der Waals surface area contributed by atoms with Crippen LogP contribution < -0.4 is 23.8 Å². The van der Waals surface area contributed by atoms with Gasteiger partial charge in [-0.25, -0.2) is 8.42 Å². The predicted octanol–water partition coefficient (Wildman–Crippen LogP) is 3.06. The second kappa shape index (κ2) is 13.9. The molecule has 0 aromatic heterocycles. The summed E-state index contributed by atoms with van der Waals surface area (Å²) in [5, 5.41) is 2.90. The van der Waals surface area contributed by atoms with Gasteiger partial charge in [-0.15, -0.1) is 0 Å². The molecule has 10 nitrogen and oxygen atoms in total. The molecule has 0 radical (unpaired) electrons. The minimum Gasteiger partial charge on any atom is -0.497 e.